The summed E-state index contributed by atoms with van der Waals surface area (Å²) in [5, 5.41) is 3.49. The summed E-state index contributed by atoms with van der Waals surface area (Å²) in [5.41, 5.74) is 3.24. The van der Waals surface area contributed by atoms with Gasteiger partial charge in [-0.05, 0) is 48.4 Å². The summed E-state index contributed by atoms with van der Waals surface area (Å²) in [7, 11) is 0. The number of hydrogen-bond donors (Lipinski definition) is 1. The molecule has 1 aliphatic rings. The summed E-state index contributed by atoms with van der Waals surface area (Å²) in [4.78, 5) is 16.5. The van der Waals surface area contributed by atoms with Crippen molar-refractivity contribution in [1.29, 1.82) is 0 Å². The first-order chi connectivity index (χ1) is 14.1. The van der Waals surface area contributed by atoms with Crippen molar-refractivity contribution in [3.63, 3.8) is 0 Å². The molecule has 29 heavy (non-hydrogen) atoms. The van der Waals surface area contributed by atoms with Crippen molar-refractivity contribution in [3.05, 3.63) is 77.6 Å². The van der Waals surface area contributed by atoms with Crippen molar-refractivity contribution >= 4 is 17.5 Å². The zero-order valence-corrected chi connectivity index (χ0v) is 16.7. The molecular formula is C23H21ClN2O3. The second kappa shape index (κ2) is 8.53. The van der Waals surface area contributed by atoms with Gasteiger partial charge >= 0.3 is 0 Å². The van der Waals surface area contributed by atoms with Gasteiger partial charge in [0.05, 0.1) is 6.54 Å². The number of aromatic nitrogens is 1. The molecule has 4 rings (SSSR count). The van der Waals surface area contributed by atoms with E-state index in [2.05, 4.69) is 16.4 Å². The molecular weight excluding hydrogens is 388 g/mol. The number of carbonyl (C=O) groups excluding carboxylic acids is 1. The van der Waals surface area contributed by atoms with E-state index in [9.17, 15) is 4.79 Å². The third kappa shape index (κ3) is 4.51. The molecule has 0 saturated carbocycles. The standard InChI is InChI=1S/C23H21ClN2O3/c1-15(28-19-6-3-5-18(24)13-19)23(27)26-14-20-12-17-4-2-7-21(22(17)29-20)16-8-10-25-11-9-16/h2-11,13,15,20H,12,14H2,1H3,(H,26,27)/t15-,20-/m1/s1. The summed E-state index contributed by atoms with van der Waals surface area (Å²) >= 11 is 5.96. The van der Waals surface area contributed by atoms with Gasteiger partial charge in [-0.15, -0.1) is 0 Å². The highest BCUT2D eigenvalue weighted by Gasteiger charge is 2.27. The topological polar surface area (TPSA) is 60.5 Å². The summed E-state index contributed by atoms with van der Waals surface area (Å²) in [5.74, 6) is 1.24. The highest BCUT2D eigenvalue weighted by Crippen LogP contribution is 2.38. The van der Waals surface area contributed by atoms with Crippen LogP contribution in [0, 0.1) is 0 Å². The number of halogens is 1. The minimum absolute atomic E-state index is 0.115. The monoisotopic (exact) mass is 408 g/mol. The van der Waals surface area contributed by atoms with E-state index in [1.165, 1.54) is 0 Å². The lowest BCUT2D eigenvalue weighted by atomic mass is 10.0. The number of carbonyl (C=O) groups is 1. The third-order valence-corrected chi connectivity index (χ3v) is 5.04. The number of ether oxygens (including phenoxy) is 2. The zero-order valence-electron chi connectivity index (χ0n) is 16.0. The molecule has 0 bridgehead atoms. The second-order valence-electron chi connectivity index (χ2n) is 6.94. The highest BCUT2D eigenvalue weighted by molar-refractivity contribution is 6.30. The van der Waals surface area contributed by atoms with Crippen LogP contribution in [0.2, 0.25) is 5.02 Å². The number of nitrogens with zero attached hydrogens (tertiary/aromatic N) is 1. The minimum atomic E-state index is -0.635. The molecule has 1 aromatic heterocycles. The van der Waals surface area contributed by atoms with Crippen LogP contribution in [-0.4, -0.2) is 29.6 Å². The summed E-state index contributed by atoms with van der Waals surface area (Å²) in [6.45, 7) is 2.12. The maximum atomic E-state index is 12.4. The molecule has 0 fully saturated rings. The van der Waals surface area contributed by atoms with Crippen molar-refractivity contribution in [3.8, 4) is 22.6 Å². The number of fused-ring (bicyclic) bond motifs is 1. The van der Waals surface area contributed by atoms with Gasteiger partial charge in [0.1, 0.15) is 17.6 Å². The first-order valence-electron chi connectivity index (χ1n) is 9.49. The van der Waals surface area contributed by atoms with Crippen molar-refractivity contribution in [2.75, 3.05) is 6.54 Å². The Morgan fingerprint density at radius 2 is 2.03 bits per heavy atom. The number of benzene rings is 2. The van der Waals surface area contributed by atoms with E-state index < -0.39 is 6.10 Å². The molecule has 0 saturated heterocycles. The Morgan fingerprint density at radius 1 is 1.24 bits per heavy atom. The summed E-state index contributed by atoms with van der Waals surface area (Å²) in [6, 6.07) is 17.0. The van der Waals surface area contributed by atoms with Gasteiger partial charge in [-0.2, -0.15) is 0 Å². The fraction of sp³-hybridized carbons (Fsp3) is 0.217. The average molecular weight is 409 g/mol. The maximum absolute atomic E-state index is 12.4. The molecule has 148 valence electrons. The number of nitrogens with one attached hydrogen (secondary N) is 1. The van der Waals surface area contributed by atoms with Crippen molar-refractivity contribution in [1.82, 2.24) is 10.3 Å². The Balaban J connectivity index is 1.35. The molecule has 0 radical (unpaired) electrons. The van der Waals surface area contributed by atoms with Gasteiger partial charge < -0.3 is 14.8 Å². The zero-order chi connectivity index (χ0) is 20.2. The number of rotatable bonds is 6. The van der Waals surface area contributed by atoms with Crippen LogP contribution >= 0.6 is 11.6 Å². The van der Waals surface area contributed by atoms with E-state index in [0.717, 1.165) is 28.9 Å². The Kier molecular flexibility index (Phi) is 5.67. The van der Waals surface area contributed by atoms with E-state index >= 15 is 0 Å². The molecule has 2 aromatic carbocycles. The van der Waals surface area contributed by atoms with Crippen molar-refractivity contribution in [2.24, 2.45) is 0 Å². The average Bonchev–Trinajstić information content (AvgIpc) is 3.15. The number of para-hydroxylation sites is 1. The Labute approximate surface area is 174 Å². The maximum Gasteiger partial charge on any atom is 0.260 e. The van der Waals surface area contributed by atoms with Gasteiger partial charge in [-0.1, -0.05) is 35.9 Å². The van der Waals surface area contributed by atoms with Gasteiger partial charge in [0.2, 0.25) is 0 Å². The molecule has 3 aromatic rings. The van der Waals surface area contributed by atoms with E-state index in [1.807, 2.05) is 24.3 Å². The lowest BCUT2D eigenvalue weighted by molar-refractivity contribution is -0.127. The van der Waals surface area contributed by atoms with Gasteiger partial charge in [0.25, 0.3) is 5.91 Å². The number of amides is 1. The van der Waals surface area contributed by atoms with E-state index in [4.69, 9.17) is 21.1 Å². The van der Waals surface area contributed by atoms with E-state index in [1.54, 1.807) is 43.6 Å². The van der Waals surface area contributed by atoms with Gasteiger partial charge in [0.15, 0.2) is 6.10 Å². The first kappa shape index (κ1) is 19.3. The van der Waals surface area contributed by atoms with Crippen LogP contribution in [0.5, 0.6) is 11.5 Å². The van der Waals surface area contributed by atoms with E-state index in [0.29, 0.717) is 17.3 Å². The largest absolute Gasteiger partial charge is 0.487 e. The molecule has 2 atom stereocenters. The second-order valence-corrected chi connectivity index (χ2v) is 7.37. The molecule has 0 aliphatic carbocycles. The number of hydrogen-bond acceptors (Lipinski definition) is 4. The molecule has 1 N–H and O–H groups in total. The van der Waals surface area contributed by atoms with Crippen molar-refractivity contribution < 1.29 is 14.3 Å². The predicted molar refractivity (Wildman–Crippen MR) is 112 cm³/mol. The minimum Gasteiger partial charge on any atom is -0.487 e. The molecule has 1 aliphatic heterocycles. The lowest BCUT2D eigenvalue weighted by Crippen LogP contribution is -2.41. The van der Waals surface area contributed by atoms with Crippen LogP contribution in [0.4, 0.5) is 0 Å². The number of pyridine rings is 1. The van der Waals surface area contributed by atoms with Gasteiger partial charge in [-0.25, -0.2) is 0 Å². The van der Waals surface area contributed by atoms with Crippen LogP contribution in [0.1, 0.15) is 12.5 Å². The van der Waals surface area contributed by atoms with Gasteiger partial charge in [0, 0.05) is 29.4 Å². The van der Waals surface area contributed by atoms with E-state index in [-0.39, 0.29) is 12.0 Å². The summed E-state index contributed by atoms with van der Waals surface area (Å²) < 4.78 is 11.8. The molecule has 0 spiro atoms. The van der Waals surface area contributed by atoms with Gasteiger partial charge in [-0.3, -0.25) is 9.78 Å². The smallest absolute Gasteiger partial charge is 0.260 e. The molecule has 6 heteroatoms. The molecule has 2 heterocycles. The summed E-state index contributed by atoms with van der Waals surface area (Å²) in [6.07, 6.45) is 3.53. The van der Waals surface area contributed by atoms with Crippen LogP contribution in [0.15, 0.2) is 67.0 Å². The lowest BCUT2D eigenvalue weighted by Gasteiger charge is -2.17. The first-order valence-corrected chi connectivity index (χ1v) is 9.87. The molecule has 5 nitrogen and oxygen atoms in total. The fourth-order valence-electron chi connectivity index (χ4n) is 3.37. The van der Waals surface area contributed by atoms with Crippen LogP contribution in [0.25, 0.3) is 11.1 Å². The fourth-order valence-corrected chi connectivity index (χ4v) is 3.55. The predicted octanol–water partition coefficient (Wildman–Crippen LogP) is 4.29. The Morgan fingerprint density at radius 3 is 2.83 bits per heavy atom. The van der Waals surface area contributed by atoms with Crippen LogP contribution in [-0.2, 0) is 11.2 Å². The SMILES string of the molecule is C[C@@H](Oc1cccc(Cl)c1)C(=O)NC[C@H]1Cc2cccc(-c3ccncc3)c2O1. The van der Waals surface area contributed by atoms with Crippen molar-refractivity contribution in [2.45, 2.75) is 25.6 Å². The normalized spacial score (nSPS) is 15.9. The molecule has 1 amide bonds. The van der Waals surface area contributed by atoms with Crippen LogP contribution in [0.3, 0.4) is 0 Å². The highest BCUT2D eigenvalue weighted by atomic mass is 35.5. The Bertz CT molecular complexity index is 1010. The quantitative estimate of drug-likeness (QED) is 0.661. The molecule has 0 unspecified atom stereocenters. The van der Waals surface area contributed by atoms with Crippen LogP contribution < -0.4 is 14.8 Å². The third-order valence-electron chi connectivity index (χ3n) is 4.80. The Hall–Kier alpha value is -3.05.